The fourth-order valence-corrected chi connectivity index (χ4v) is 2.86. The van der Waals surface area contributed by atoms with E-state index < -0.39 is 17.8 Å². The Morgan fingerprint density at radius 2 is 1.81 bits per heavy atom. The predicted octanol–water partition coefficient (Wildman–Crippen LogP) is 3.22. The van der Waals surface area contributed by atoms with Gasteiger partial charge in [-0.3, -0.25) is 9.59 Å². The van der Waals surface area contributed by atoms with Crippen LogP contribution in [-0.2, 0) is 14.3 Å². The number of carbonyl (C=O) groups excluding carboxylic acids is 3. The van der Waals surface area contributed by atoms with Crippen LogP contribution in [0.15, 0.2) is 59.3 Å². The van der Waals surface area contributed by atoms with Gasteiger partial charge in [-0.1, -0.05) is 35.9 Å². The summed E-state index contributed by atoms with van der Waals surface area (Å²) in [5, 5.41) is 2.65. The van der Waals surface area contributed by atoms with Crippen molar-refractivity contribution in [3.05, 3.63) is 70.4 Å². The van der Waals surface area contributed by atoms with Crippen molar-refractivity contribution in [3.8, 4) is 0 Å². The van der Waals surface area contributed by atoms with Crippen molar-refractivity contribution in [3.63, 3.8) is 0 Å². The van der Waals surface area contributed by atoms with Crippen LogP contribution in [0.2, 0.25) is 0 Å². The number of amides is 2. The Bertz CT molecular complexity index is 952. The van der Waals surface area contributed by atoms with Crippen molar-refractivity contribution in [2.45, 2.75) is 6.92 Å². The summed E-state index contributed by atoms with van der Waals surface area (Å²) in [4.78, 5) is 38.2. The van der Waals surface area contributed by atoms with Crippen molar-refractivity contribution >= 4 is 40.8 Å². The second-order valence-corrected chi connectivity index (χ2v) is 6.02. The van der Waals surface area contributed by atoms with Gasteiger partial charge in [0.15, 0.2) is 0 Å². The lowest BCUT2D eigenvalue weighted by Gasteiger charge is -2.17. The minimum atomic E-state index is -0.705. The van der Waals surface area contributed by atoms with E-state index >= 15 is 0 Å². The van der Waals surface area contributed by atoms with Crippen LogP contribution in [0.3, 0.4) is 0 Å². The monoisotopic (exact) mass is 370 g/mol. The zero-order valence-electron chi connectivity index (χ0n) is 14.1. The first kappa shape index (κ1) is 17.7. The SMILES string of the molecule is COC(=O)c1ccccc1N1C(=O)C(Cl)=C(Nc2cccc(C)c2)C1=O. The minimum Gasteiger partial charge on any atom is -0.465 e. The molecule has 2 aromatic carbocycles. The quantitative estimate of drug-likeness (QED) is 0.660. The van der Waals surface area contributed by atoms with Gasteiger partial charge in [-0.15, -0.1) is 0 Å². The molecule has 0 bridgehead atoms. The third-order valence-corrected chi connectivity index (χ3v) is 4.22. The van der Waals surface area contributed by atoms with Crippen molar-refractivity contribution in [2.75, 3.05) is 17.3 Å². The molecule has 2 amide bonds. The first-order valence-corrected chi connectivity index (χ1v) is 8.11. The van der Waals surface area contributed by atoms with Crippen molar-refractivity contribution in [2.24, 2.45) is 0 Å². The van der Waals surface area contributed by atoms with Gasteiger partial charge >= 0.3 is 5.97 Å². The van der Waals surface area contributed by atoms with E-state index in [1.165, 1.54) is 19.2 Å². The van der Waals surface area contributed by atoms with Crippen LogP contribution in [0.5, 0.6) is 0 Å². The number of anilines is 2. The van der Waals surface area contributed by atoms with E-state index in [1.807, 2.05) is 25.1 Å². The van der Waals surface area contributed by atoms with Crippen molar-refractivity contribution < 1.29 is 19.1 Å². The van der Waals surface area contributed by atoms with E-state index in [2.05, 4.69) is 5.32 Å². The summed E-state index contributed by atoms with van der Waals surface area (Å²) < 4.78 is 4.72. The van der Waals surface area contributed by atoms with Crippen LogP contribution in [0.4, 0.5) is 11.4 Å². The summed E-state index contributed by atoms with van der Waals surface area (Å²) >= 11 is 6.11. The zero-order valence-corrected chi connectivity index (χ0v) is 14.8. The molecule has 1 aliphatic rings. The minimum absolute atomic E-state index is 0.0399. The fraction of sp³-hybridized carbons (Fsp3) is 0.105. The topological polar surface area (TPSA) is 75.7 Å². The predicted molar refractivity (Wildman–Crippen MR) is 98.0 cm³/mol. The number of para-hydroxylation sites is 1. The molecule has 0 spiro atoms. The maximum Gasteiger partial charge on any atom is 0.339 e. The number of halogens is 1. The van der Waals surface area contributed by atoms with Gasteiger partial charge in [0.05, 0.1) is 18.4 Å². The Hall–Kier alpha value is -3.12. The molecule has 1 aliphatic heterocycles. The van der Waals surface area contributed by atoms with Crippen LogP contribution in [0, 0.1) is 6.92 Å². The molecule has 0 aliphatic carbocycles. The highest BCUT2D eigenvalue weighted by atomic mass is 35.5. The molecule has 0 saturated heterocycles. The molecular weight excluding hydrogens is 356 g/mol. The number of rotatable bonds is 4. The summed E-state index contributed by atoms with van der Waals surface area (Å²) in [5.41, 5.74) is 1.78. The molecule has 0 fully saturated rings. The Morgan fingerprint density at radius 1 is 1.08 bits per heavy atom. The molecular formula is C19H15ClN2O4. The van der Waals surface area contributed by atoms with Gasteiger partial charge < -0.3 is 10.1 Å². The summed E-state index contributed by atoms with van der Waals surface area (Å²) in [5.74, 6) is -2.00. The summed E-state index contributed by atoms with van der Waals surface area (Å²) in [6.07, 6.45) is 0. The molecule has 1 heterocycles. The van der Waals surface area contributed by atoms with Crippen LogP contribution < -0.4 is 10.2 Å². The Morgan fingerprint density at radius 3 is 2.50 bits per heavy atom. The van der Waals surface area contributed by atoms with Gasteiger partial charge in [0.2, 0.25) is 0 Å². The van der Waals surface area contributed by atoms with E-state index in [0.29, 0.717) is 5.69 Å². The third kappa shape index (κ3) is 3.07. The molecule has 3 rings (SSSR count). The normalized spacial score (nSPS) is 14.0. The number of carbonyl (C=O) groups is 3. The molecule has 2 aromatic rings. The van der Waals surface area contributed by atoms with E-state index in [0.717, 1.165) is 10.5 Å². The van der Waals surface area contributed by atoms with E-state index in [-0.39, 0.29) is 22.0 Å². The standard InChI is InChI=1S/C19H15ClN2O4/c1-11-6-5-7-12(10-11)21-16-15(20)17(23)22(18(16)24)14-9-4-3-8-13(14)19(25)26-2/h3-10,21H,1-2H3. The maximum atomic E-state index is 12.8. The Kier molecular flexibility index (Phi) is 4.77. The number of aryl methyl sites for hydroxylation is 1. The van der Waals surface area contributed by atoms with E-state index in [9.17, 15) is 14.4 Å². The number of hydrogen-bond acceptors (Lipinski definition) is 5. The third-order valence-electron chi connectivity index (χ3n) is 3.86. The molecule has 0 aromatic heterocycles. The van der Waals surface area contributed by atoms with Crippen LogP contribution in [0.1, 0.15) is 15.9 Å². The summed E-state index contributed by atoms with van der Waals surface area (Å²) in [6, 6.07) is 13.5. The number of hydrogen-bond donors (Lipinski definition) is 1. The molecule has 132 valence electrons. The molecule has 6 nitrogen and oxygen atoms in total. The molecule has 0 radical (unpaired) electrons. The number of benzene rings is 2. The molecule has 0 unspecified atom stereocenters. The fourth-order valence-electron chi connectivity index (χ4n) is 2.65. The number of nitrogens with zero attached hydrogens (tertiary/aromatic N) is 1. The van der Waals surface area contributed by atoms with Gasteiger partial charge in [-0.05, 0) is 36.8 Å². The maximum absolute atomic E-state index is 12.8. The van der Waals surface area contributed by atoms with Crippen molar-refractivity contribution in [1.82, 2.24) is 0 Å². The van der Waals surface area contributed by atoms with Crippen LogP contribution in [-0.4, -0.2) is 24.9 Å². The van der Waals surface area contributed by atoms with Gasteiger partial charge in [-0.2, -0.15) is 0 Å². The lowest BCUT2D eigenvalue weighted by Crippen LogP contribution is -2.33. The average Bonchev–Trinajstić information content (AvgIpc) is 2.84. The van der Waals surface area contributed by atoms with E-state index in [1.54, 1.807) is 18.2 Å². The number of methoxy groups -OCH3 is 1. The van der Waals surface area contributed by atoms with E-state index in [4.69, 9.17) is 16.3 Å². The van der Waals surface area contributed by atoms with Crippen LogP contribution in [0.25, 0.3) is 0 Å². The number of nitrogens with one attached hydrogen (secondary N) is 1. The lowest BCUT2D eigenvalue weighted by molar-refractivity contribution is -0.120. The highest BCUT2D eigenvalue weighted by Gasteiger charge is 2.40. The van der Waals surface area contributed by atoms with Gasteiger partial charge in [0, 0.05) is 5.69 Å². The molecule has 7 heteroatoms. The Labute approximate surface area is 155 Å². The summed E-state index contributed by atoms with van der Waals surface area (Å²) in [6.45, 7) is 1.90. The first-order chi connectivity index (χ1) is 12.4. The van der Waals surface area contributed by atoms with Crippen molar-refractivity contribution in [1.29, 1.82) is 0 Å². The number of imide groups is 1. The zero-order chi connectivity index (χ0) is 18.8. The lowest BCUT2D eigenvalue weighted by atomic mass is 10.1. The molecule has 0 saturated carbocycles. The smallest absolute Gasteiger partial charge is 0.339 e. The number of ether oxygens (including phenoxy) is 1. The molecule has 1 N–H and O–H groups in total. The largest absolute Gasteiger partial charge is 0.465 e. The first-order valence-electron chi connectivity index (χ1n) is 7.73. The average molecular weight is 371 g/mol. The van der Waals surface area contributed by atoms with Gasteiger partial charge in [-0.25, -0.2) is 9.69 Å². The van der Waals surface area contributed by atoms with Crippen LogP contribution >= 0.6 is 11.6 Å². The number of esters is 1. The van der Waals surface area contributed by atoms with Gasteiger partial charge in [0.1, 0.15) is 10.7 Å². The highest BCUT2D eigenvalue weighted by molar-refractivity contribution is 6.53. The molecule has 0 atom stereocenters. The Balaban J connectivity index is 1.98. The highest BCUT2D eigenvalue weighted by Crippen LogP contribution is 2.32. The van der Waals surface area contributed by atoms with Gasteiger partial charge in [0.25, 0.3) is 11.8 Å². The second kappa shape index (κ2) is 7.01. The molecule has 26 heavy (non-hydrogen) atoms. The summed E-state index contributed by atoms with van der Waals surface area (Å²) in [7, 11) is 1.22. The second-order valence-electron chi connectivity index (χ2n) is 5.64.